The minimum atomic E-state index is -0.330. The molecule has 2 aliphatic rings. The Morgan fingerprint density at radius 2 is 2.22 bits per heavy atom. The van der Waals surface area contributed by atoms with E-state index in [2.05, 4.69) is 34.1 Å². The SMILES string of the molecule is CN(C(=O)[C@@H]1CC[C@H](CN)O1)C1CCSc2ccc(Br)cc21.Cl. The molecule has 0 aromatic heterocycles. The first kappa shape index (κ1) is 19.1. The number of hydrogen-bond donors (Lipinski definition) is 1. The molecule has 0 aliphatic carbocycles. The number of carbonyl (C=O) groups is 1. The maximum absolute atomic E-state index is 12.7. The van der Waals surface area contributed by atoms with E-state index in [9.17, 15) is 4.79 Å². The van der Waals surface area contributed by atoms with Gasteiger partial charge < -0.3 is 15.4 Å². The number of thioether (sulfide) groups is 1. The number of hydrogen-bond acceptors (Lipinski definition) is 4. The number of rotatable bonds is 3. The number of halogens is 2. The lowest BCUT2D eigenvalue weighted by Gasteiger charge is -2.34. The van der Waals surface area contributed by atoms with Gasteiger partial charge in [-0.2, -0.15) is 0 Å². The van der Waals surface area contributed by atoms with Crippen LogP contribution in [-0.2, 0) is 9.53 Å². The first-order valence-corrected chi connectivity index (χ1v) is 9.42. The lowest BCUT2D eigenvalue weighted by molar-refractivity contribution is -0.143. The maximum atomic E-state index is 12.7. The van der Waals surface area contributed by atoms with E-state index in [4.69, 9.17) is 10.5 Å². The van der Waals surface area contributed by atoms with Gasteiger partial charge in [-0.1, -0.05) is 15.9 Å². The van der Waals surface area contributed by atoms with E-state index in [1.165, 1.54) is 10.5 Å². The highest BCUT2D eigenvalue weighted by Gasteiger charge is 2.35. The first-order chi connectivity index (χ1) is 10.6. The van der Waals surface area contributed by atoms with Gasteiger partial charge in [0.2, 0.25) is 0 Å². The Bertz CT molecular complexity index is 575. The van der Waals surface area contributed by atoms with Crippen LogP contribution in [0.5, 0.6) is 0 Å². The maximum Gasteiger partial charge on any atom is 0.251 e. The van der Waals surface area contributed by atoms with Gasteiger partial charge in [0, 0.05) is 28.7 Å². The van der Waals surface area contributed by atoms with E-state index in [0.29, 0.717) is 6.54 Å². The van der Waals surface area contributed by atoms with Crippen molar-refractivity contribution in [3.8, 4) is 0 Å². The fourth-order valence-electron chi connectivity index (χ4n) is 3.19. The van der Waals surface area contributed by atoms with Crippen LogP contribution < -0.4 is 5.73 Å². The summed E-state index contributed by atoms with van der Waals surface area (Å²) < 4.78 is 6.82. The summed E-state index contributed by atoms with van der Waals surface area (Å²) >= 11 is 5.40. The average molecular weight is 422 g/mol. The highest BCUT2D eigenvalue weighted by atomic mass is 79.9. The number of nitrogens with zero attached hydrogens (tertiary/aromatic N) is 1. The summed E-state index contributed by atoms with van der Waals surface area (Å²) in [6.07, 6.45) is 2.33. The van der Waals surface area contributed by atoms with Crippen molar-refractivity contribution in [2.45, 2.75) is 42.4 Å². The molecule has 1 aromatic carbocycles. The molecule has 0 spiro atoms. The highest BCUT2D eigenvalue weighted by Crippen LogP contribution is 2.40. The number of carbonyl (C=O) groups excluding carboxylic acids is 1. The highest BCUT2D eigenvalue weighted by molar-refractivity contribution is 9.10. The molecule has 1 amide bonds. The number of ether oxygens (including phenoxy) is 1. The summed E-state index contributed by atoms with van der Waals surface area (Å²) in [5.74, 6) is 1.12. The Kier molecular flexibility index (Phi) is 6.80. The second kappa shape index (κ2) is 8.21. The molecule has 0 radical (unpaired) electrons. The van der Waals surface area contributed by atoms with E-state index in [-0.39, 0.29) is 36.6 Å². The van der Waals surface area contributed by atoms with Crippen LogP contribution in [0.1, 0.15) is 30.9 Å². The van der Waals surface area contributed by atoms with Crippen LogP contribution in [0.4, 0.5) is 0 Å². The van der Waals surface area contributed by atoms with Gasteiger partial charge in [-0.3, -0.25) is 4.79 Å². The molecule has 0 saturated carbocycles. The van der Waals surface area contributed by atoms with E-state index < -0.39 is 0 Å². The quantitative estimate of drug-likeness (QED) is 0.813. The molecule has 4 nitrogen and oxygen atoms in total. The molecule has 3 atom stereocenters. The van der Waals surface area contributed by atoms with Gasteiger partial charge >= 0.3 is 0 Å². The largest absolute Gasteiger partial charge is 0.364 e. The summed E-state index contributed by atoms with van der Waals surface area (Å²) in [5.41, 5.74) is 6.87. The molecule has 2 heterocycles. The average Bonchev–Trinajstić information content (AvgIpc) is 3.02. The van der Waals surface area contributed by atoms with E-state index in [1.807, 2.05) is 23.7 Å². The number of fused-ring (bicyclic) bond motifs is 1. The molecular weight excluding hydrogens is 400 g/mol. The zero-order valence-electron chi connectivity index (χ0n) is 13.0. The van der Waals surface area contributed by atoms with Crippen molar-refractivity contribution in [3.63, 3.8) is 0 Å². The molecule has 0 bridgehead atoms. The third kappa shape index (κ3) is 4.04. The molecular formula is C16H22BrClN2O2S. The molecule has 1 fully saturated rings. The number of nitrogens with two attached hydrogens (primary N) is 1. The van der Waals surface area contributed by atoms with Crippen molar-refractivity contribution < 1.29 is 9.53 Å². The second-order valence-electron chi connectivity index (χ2n) is 5.84. The van der Waals surface area contributed by atoms with Gasteiger partial charge in [0.25, 0.3) is 5.91 Å². The molecule has 2 aliphatic heterocycles. The van der Waals surface area contributed by atoms with Gasteiger partial charge in [0.1, 0.15) is 6.10 Å². The third-order valence-electron chi connectivity index (χ3n) is 4.44. The predicted octanol–water partition coefficient (Wildman–Crippen LogP) is 3.37. The topological polar surface area (TPSA) is 55.6 Å². The van der Waals surface area contributed by atoms with Crippen LogP contribution in [0, 0.1) is 0 Å². The Balaban J connectivity index is 0.00000192. The zero-order chi connectivity index (χ0) is 15.7. The fourth-order valence-corrected chi connectivity index (χ4v) is 4.66. The zero-order valence-corrected chi connectivity index (χ0v) is 16.3. The first-order valence-electron chi connectivity index (χ1n) is 7.64. The lowest BCUT2D eigenvalue weighted by atomic mass is 10.0. The van der Waals surface area contributed by atoms with Crippen LogP contribution >= 0.6 is 40.1 Å². The van der Waals surface area contributed by atoms with Gasteiger partial charge in [-0.05, 0) is 43.0 Å². The van der Waals surface area contributed by atoms with Crippen LogP contribution in [0.15, 0.2) is 27.6 Å². The summed E-state index contributed by atoms with van der Waals surface area (Å²) in [7, 11) is 1.90. The number of likely N-dealkylation sites (N-methyl/N-ethyl adjacent to an activating group) is 1. The lowest BCUT2D eigenvalue weighted by Crippen LogP contribution is -2.40. The van der Waals surface area contributed by atoms with E-state index >= 15 is 0 Å². The Labute approximate surface area is 156 Å². The monoisotopic (exact) mass is 420 g/mol. The Morgan fingerprint density at radius 1 is 1.43 bits per heavy atom. The summed E-state index contributed by atoms with van der Waals surface area (Å²) in [6, 6.07) is 6.45. The summed E-state index contributed by atoms with van der Waals surface area (Å²) in [5, 5.41) is 0. The fraction of sp³-hybridized carbons (Fsp3) is 0.562. The van der Waals surface area contributed by atoms with Crippen molar-refractivity contribution in [1.82, 2.24) is 4.90 Å². The van der Waals surface area contributed by atoms with Crippen LogP contribution in [0.3, 0.4) is 0 Å². The standard InChI is InChI=1S/C16H21BrN2O2S.ClH/c1-19(16(20)14-4-3-11(9-18)21-14)13-6-7-22-15-5-2-10(17)8-12(13)15;/h2,5,8,11,13-14H,3-4,6-7,9,18H2,1H3;1H/t11-,13?,14+;/m1./s1. The molecule has 1 aromatic rings. The van der Waals surface area contributed by atoms with Crippen LogP contribution in [0.25, 0.3) is 0 Å². The Hall–Kier alpha value is -0.270. The summed E-state index contributed by atoms with van der Waals surface area (Å²) in [4.78, 5) is 15.9. The number of amides is 1. The molecule has 1 saturated heterocycles. The Morgan fingerprint density at radius 3 is 2.91 bits per heavy atom. The van der Waals surface area contributed by atoms with Gasteiger partial charge in [-0.25, -0.2) is 0 Å². The van der Waals surface area contributed by atoms with Crippen molar-refractivity contribution in [2.75, 3.05) is 19.3 Å². The second-order valence-corrected chi connectivity index (χ2v) is 7.90. The smallest absolute Gasteiger partial charge is 0.251 e. The predicted molar refractivity (Wildman–Crippen MR) is 99.2 cm³/mol. The minimum absolute atomic E-state index is 0. The van der Waals surface area contributed by atoms with Crippen molar-refractivity contribution >= 4 is 46.0 Å². The minimum Gasteiger partial charge on any atom is -0.364 e. The third-order valence-corrected chi connectivity index (χ3v) is 6.06. The van der Waals surface area contributed by atoms with Crippen LogP contribution in [0.2, 0.25) is 0 Å². The normalized spacial score (nSPS) is 26.3. The van der Waals surface area contributed by atoms with Crippen molar-refractivity contribution in [3.05, 3.63) is 28.2 Å². The van der Waals surface area contributed by atoms with Crippen molar-refractivity contribution in [1.29, 1.82) is 0 Å². The van der Waals surface area contributed by atoms with Crippen LogP contribution in [-0.4, -0.2) is 42.4 Å². The molecule has 2 N–H and O–H groups in total. The molecule has 1 unspecified atom stereocenters. The van der Waals surface area contributed by atoms with Gasteiger partial charge in [0.05, 0.1) is 12.1 Å². The van der Waals surface area contributed by atoms with Crippen molar-refractivity contribution in [2.24, 2.45) is 5.73 Å². The molecule has 128 valence electrons. The molecule has 7 heteroatoms. The summed E-state index contributed by atoms with van der Waals surface area (Å²) in [6.45, 7) is 0.489. The van der Waals surface area contributed by atoms with E-state index in [0.717, 1.165) is 29.5 Å². The molecule has 3 rings (SSSR count). The molecule has 23 heavy (non-hydrogen) atoms. The van der Waals surface area contributed by atoms with Gasteiger partial charge in [-0.15, -0.1) is 24.2 Å². The number of benzene rings is 1. The van der Waals surface area contributed by atoms with Gasteiger partial charge in [0.15, 0.2) is 0 Å². The van der Waals surface area contributed by atoms with E-state index in [1.54, 1.807) is 0 Å².